The number of aromatic nitrogens is 5. The number of pyridine rings is 3. The number of nitrogens with zero attached hydrogens (tertiary/aromatic N) is 5. The fourth-order valence-corrected chi connectivity index (χ4v) is 9.11. The van der Waals surface area contributed by atoms with Crippen molar-refractivity contribution in [2.24, 2.45) is 0 Å². The Labute approximate surface area is 358 Å². The minimum atomic E-state index is -0.249. The van der Waals surface area contributed by atoms with Crippen molar-refractivity contribution in [1.29, 1.82) is 0 Å². The van der Waals surface area contributed by atoms with Crippen LogP contribution < -0.4 is 5.32 Å². The molecule has 0 bridgehead atoms. The van der Waals surface area contributed by atoms with Crippen molar-refractivity contribution < 1.29 is 0 Å². The Kier molecular flexibility index (Phi) is 8.45. The molecule has 0 fully saturated rings. The molecule has 1 N–H and O–H groups in total. The third kappa shape index (κ3) is 6.08. The number of para-hydroxylation sites is 4. The SMILES string of the molecule is C1=C(c2ccccc2)C=C(c2cc(-c3ccccc3)cc(-c3cccc(-n4c5ccccc5c5ccccc54)n3)n2)NC1c1cccc(-n2c3ccccc3c3ccccc32)n1. The highest BCUT2D eigenvalue weighted by atomic mass is 15.1. The van der Waals surface area contributed by atoms with E-state index < -0.39 is 0 Å². The van der Waals surface area contributed by atoms with Gasteiger partial charge in [-0.3, -0.25) is 9.13 Å². The van der Waals surface area contributed by atoms with Crippen LogP contribution in [0.4, 0.5) is 0 Å². The number of hydrogen-bond acceptors (Lipinski definition) is 4. The van der Waals surface area contributed by atoms with E-state index in [1.54, 1.807) is 0 Å². The number of benzene rings is 6. The summed E-state index contributed by atoms with van der Waals surface area (Å²) >= 11 is 0. The van der Waals surface area contributed by atoms with E-state index in [9.17, 15) is 0 Å². The van der Waals surface area contributed by atoms with E-state index in [4.69, 9.17) is 15.0 Å². The first-order valence-electron chi connectivity index (χ1n) is 21.0. The molecule has 5 aromatic heterocycles. The standard InChI is InChI=1S/C56H38N6/c1-3-17-37(18-4-1)39-33-47(45-25-15-31-55(59-45)61-51-27-11-7-21-41(51)42-22-8-12-28-52(42)61)57-49(35-39)50-36-40(38-19-5-2-6-20-38)34-48(58-50)46-26-16-32-56(60-46)62-53-29-13-9-23-43(53)44-24-10-14-30-54(44)62/h1-36,47,57H. The first-order chi connectivity index (χ1) is 30.7. The molecule has 0 saturated carbocycles. The third-order valence-corrected chi connectivity index (χ3v) is 12.0. The second kappa shape index (κ2) is 14.7. The maximum Gasteiger partial charge on any atom is 0.138 e. The van der Waals surface area contributed by atoms with Crippen molar-refractivity contribution in [2.45, 2.75) is 6.04 Å². The molecular weight excluding hydrogens is 757 g/mol. The molecule has 1 aliphatic rings. The highest BCUT2D eigenvalue weighted by Gasteiger charge is 2.23. The van der Waals surface area contributed by atoms with E-state index in [1.807, 2.05) is 0 Å². The number of rotatable bonds is 7. The smallest absolute Gasteiger partial charge is 0.138 e. The summed E-state index contributed by atoms with van der Waals surface area (Å²) in [6.07, 6.45) is 4.49. The Hall–Kier alpha value is -8.35. The highest BCUT2D eigenvalue weighted by Crippen LogP contribution is 2.37. The van der Waals surface area contributed by atoms with Gasteiger partial charge in [0.25, 0.3) is 0 Å². The van der Waals surface area contributed by atoms with Crippen molar-refractivity contribution in [1.82, 2.24) is 29.4 Å². The van der Waals surface area contributed by atoms with Crippen molar-refractivity contribution >= 4 is 54.9 Å². The Balaban J connectivity index is 0.999. The predicted octanol–water partition coefficient (Wildman–Crippen LogP) is 13.2. The van der Waals surface area contributed by atoms with Crippen molar-refractivity contribution in [3.05, 3.63) is 235 Å². The van der Waals surface area contributed by atoms with Crippen molar-refractivity contribution in [2.75, 3.05) is 0 Å². The minimum absolute atomic E-state index is 0.249. The fourth-order valence-electron chi connectivity index (χ4n) is 9.11. The molecule has 6 nitrogen and oxygen atoms in total. The average molecular weight is 795 g/mol. The first-order valence-corrected chi connectivity index (χ1v) is 21.0. The number of dihydropyridines is 1. The van der Waals surface area contributed by atoms with E-state index >= 15 is 0 Å². The van der Waals surface area contributed by atoms with E-state index in [-0.39, 0.29) is 6.04 Å². The van der Waals surface area contributed by atoms with E-state index in [0.29, 0.717) is 0 Å². The van der Waals surface area contributed by atoms with Crippen LogP contribution in [0.5, 0.6) is 0 Å². The number of nitrogens with one attached hydrogen (secondary N) is 1. The summed E-state index contributed by atoms with van der Waals surface area (Å²) in [6, 6.07) is 71.9. The van der Waals surface area contributed by atoms with Gasteiger partial charge in [0.15, 0.2) is 0 Å². The lowest BCUT2D eigenvalue weighted by Gasteiger charge is -2.25. The zero-order valence-corrected chi connectivity index (χ0v) is 33.6. The quantitative estimate of drug-likeness (QED) is 0.175. The molecule has 6 heterocycles. The van der Waals surface area contributed by atoms with Crippen LogP contribution in [0.15, 0.2) is 218 Å². The summed E-state index contributed by atoms with van der Waals surface area (Å²) in [4.78, 5) is 16.2. The molecule has 0 aliphatic carbocycles. The Morgan fingerprint density at radius 1 is 0.371 bits per heavy atom. The number of hydrogen-bond donors (Lipinski definition) is 1. The maximum absolute atomic E-state index is 5.43. The molecule has 11 aromatic rings. The summed E-state index contributed by atoms with van der Waals surface area (Å²) in [7, 11) is 0. The summed E-state index contributed by atoms with van der Waals surface area (Å²) in [5.74, 6) is 1.71. The van der Waals surface area contributed by atoms with Gasteiger partial charge in [0.2, 0.25) is 0 Å². The van der Waals surface area contributed by atoms with Crippen LogP contribution in [0.25, 0.3) is 89.0 Å². The van der Waals surface area contributed by atoms with Crippen LogP contribution in [0.3, 0.4) is 0 Å². The van der Waals surface area contributed by atoms with Crippen LogP contribution in [0.1, 0.15) is 23.0 Å². The molecule has 1 atom stereocenters. The number of allylic oxidation sites excluding steroid dienone is 2. The van der Waals surface area contributed by atoms with Gasteiger partial charge in [-0.15, -0.1) is 0 Å². The lowest BCUT2D eigenvalue weighted by Crippen LogP contribution is -2.23. The summed E-state index contributed by atoms with van der Waals surface area (Å²) in [6.45, 7) is 0. The largest absolute Gasteiger partial charge is 0.371 e. The molecule has 0 spiro atoms. The Morgan fingerprint density at radius 2 is 0.855 bits per heavy atom. The topological polar surface area (TPSA) is 60.6 Å². The lowest BCUT2D eigenvalue weighted by molar-refractivity contribution is 0.733. The Morgan fingerprint density at radius 3 is 1.44 bits per heavy atom. The van der Waals surface area contributed by atoms with Gasteiger partial charge in [-0.1, -0.05) is 146 Å². The third-order valence-electron chi connectivity index (χ3n) is 12.0. The highest BCUT2D eigenvalue weighted by molar-refractivity contribution is 6.10. The van der Waals surface area contributed by atoms with Gasteiger partial charge >= 0.3 is 0 Å². The van der Waals surface area contributed by atoms with Gasteiger partial charge in [-0.05, 0) is 95.1 Å². The molecule has 0 amide bonds. The second-order valence-electron chi connectivity index (χ2n) is 15.7. The molecule has 6 aromatic carbocycles. The Bertz CT molecular complexity index is 3450. The van der Waals surface area contributed by atoms with Crippen molar-refractivity contribution in [3.63, 3.8) is 0 Å². The lowest BCUT2D eigenvalue weighted by atomic mass is 9.95. The van der Waals surface area contributed by atoms with Crippen molar-refractivity contribution in [3.8, 4) is 34.2 Å². The molecule has 292 valence electrons. The van der Waals surface area contributed by atoms with Crippen LogP contribution >= 0.6 is 0 Å². The van der Waals surface area contributed by atoms with Crippen LogP contribution in [-0.4, -0.2) is 24.1 Å². The van der Waals surface area contributed by atoms with Gasteiger partial charge in [-0.2, -0.15) is 0 Å². The van der Waals surface area contributed by atoms with Crippen LogP contribution in [-0.2, 0) is 0 Å². The summed E-state index contributed by atoms with van der Waals surface area (Å²) in [5.41, 5.74) is 13.0. The molecule has 6 heteroatoms. The van der Waals surface area contributed by atoms with Gasteiger partial charge in [0, 0.05) is 21.5 Å². The van der Waals surface area contributed by atoms with Gasteiger partial charge < -0.3 is 5.32 Å². The van der Waals surface area contributed by atoms with E-state index in [1.165, 1.54) is 21.5 Å². The summed E-state index contributed by atoms with van der Waals surface area (Å²) < 4.78 is 4.52. The summed E-state index contributed by atoms with van der Waals surface area (Å²) in [5, 5.41) is 8.70. The number of fused-ring (bicyclic) bond motifs is 6. The van der Waals surface area contributed by atoms with Crippen LogP contribution in [0.2, 0.25) is 0 Å². The van der Waals surface area contributed by atoms with Gasteiger partial charge in [-0.25, -0.2) is 15.0 Å². The zero-order chi connectivity index (χ0) is 41.0. The molecule has 1 unspecified atom stereocenters. The maximum atomic E-state index is 5.43. The first kappa shape index (κ1) is 35.6. The van der Waals surface area contributed by atoms with Gasteiger partial charge in [0.1, 0.15) is 11.6 Å². The van der Waals surface area contributed by atoms with Crippen LogP contribution in [0, 0.1) is 0 Å². The second-order valence-corrected chi connectivity index (χ2v) is 15.7. The molecular formula is C56H38N6. The predicted molar refractivity (Wildman–Crippen MR) is 254 cm³/mol. The monoisotopic (exact) mass is 794 g/mol. The molecule has 62 heavy (non-hydrogen) atoms. The molecule has 0 saturated heterocycles. The molecule has 1 aliphatic heterocycles. The van der Waals surface area contributed by atoms with Gasteiger partial charge in [0.05, 0.1) is 56.6 Å². The normalized spacial score (nSPS) is 14.0. The minimum Gasteiger partial charge on any atom is -0.371 e. The van der Waals surface area contributed by atoms with E-state index in [2.05, 4.69) is 233 Å². The molecule has 0 radical (unpaired) electrons. The average Bonchev–Trinajstić information content (AvgIpc) is 3.87. The molecule has 12 rings (SSSR count). The zero-order valence-electron chi connectivity index (χ0n) is 33.6. The van der Waals surface area contributed by atoms with E-state index in [0.717, 1.165) is 84.4 Å². The fraction of sp³-hybridized carbons (Fsp3) is 0.0179.